The molecule has 0 aliphatic carbocycles. The van der Waals surface area contributed by atoms with E-state index in [1.54, 1.807) is 42.3 Å². The monoisotopic (exact) mass is 354 g/mol. The molecule has 0 saturated carbocycles. The summed E-state index contributed by atoms with van der Waals surface area (Å²) in [4.78, 5) is 30.9. The number of carbonyl (C=O) groups is 2. The average molecular weight is 354 g/mol. The Morgan fingerprint density at radius 3 is 2.77 bits per heavy atom. The Labute approximate surface area is 152 Å². The van der Waals surface area contributed by atoms with Gasteiger partial charge in [0.05, 0.1) is 12.5 Å². The fraction of sp³-hybridized carbons (Fsp3) is 0.350. The first-order valence-electron chi connectivity index (χ1n) is 8.83. The fourth-order valence-corrected chi connectivity index (χ4v) is 3.02. The SMILES string of the molecule is CCOC(=O)[C@@H]1CCCN(C(=O)c2cccnc2Oc2ccccc2)C1. The Morgan fingerprint density at radius 2 is 2.00 bits per heavy atom. The summed E-state index contributed by atoms with van der Waals surface area (Å²) in [6.45, 7) is 3.10. The molecular weight excluding hydrogens is 332 g/mol. The van der Waals surface area contributed by atoms with Gasteiger partial charge in [-0.25, -0.2) is 4.98 Å². The largest absolute Gasteiger partial charge is 0.466 e. The van der Waals surface area contributed by atoms with E-state index in [2.05, 4.69) is 4.98 Å². The van der Waals surface area contributed by atoms with Gasteiger partial charge in [-0.3, -0.25) is 9.59 Å². The molecule has 1 aromatic carbocycles. The van der Waals surface area contributed by atoms with Gasteiger partial charge in [-0.2, -0.15) is 0 Å². The van der Waals surface area contributed by atoms with Gasteiger partial charge in [0.25, 0.3) is 5.91 Å². The topological polar surface area (TPSA) is 68.7 Å². The Balaban J connectivity index is 1.76. The lowest BCUT2D eigenvalue weighted by Gasteiger charge is -2.31. The summed E-state index contributed by atoms with van der Waals surface area (Å²) < 4.78 is 10.9. The molecule has 0 spiro atoms. The van der Waals surface area contributed by atoms with Crippen LogP contribution in [0.1, 0.15) is 30.1 Å². The smallest absolute Gasteiger partial charge is 0.310 e. The highest BCUT2D eigenvalue weighted by Gasteiger charge is 2.31. The number of carbonyl (C=O) groups excluding carboxylic acids is 2. The van der Waals surface area contributed by atoms with Gasteiger partial charge in [0.2, 0.25) is 5.88 Å². The molecule has 1 aliphatic heterocycles. The van der Waals surface area contributed by atoms with E-state index >= 15 is 0 Å². The molecule has 1 fully saturated rings. The van der Waals surface area contributed by atoms with Crippen molar-refractivity contribution in [1.29, 1.82) is 0 Å². The van der Waals surface area contributed by atoms with Crippen molar-refractivity contribution >= 4 is 11.9 Å². The van der Waals surface area contributed by atoms with Crippen LogP contribution < -0.4 is 4.74 Å². The number of nitrogens with zero attached hydrogens (tertiary/aromatic N) is 2. The zero-order valence-corrected chi connectivity index (χ0v) is 14.8. The molecule has 6 heteroatoms. The highest BCUT2D eigenvalue weighted by atomic mass is 16.5. The van der Waals surface area contributed by atoms with Crippen LogP contribution in [0.3, 0.4) is 0 Å². The summed E-state index contributed by atoms with van der Waals surface area (Å²) in [6.07, 6.45) is 3.10. The van der Waals surface area contributed by atoms with Crippen LogP contribution in [0.15, 0.2) is 48.7 Å². The number of ether oxygens (including phenoxy) is 2. The van der Waals surface area contributed by atoms with Gasteiger partial charge in [-0.1, -0.05) is 18.2 Å². The molecule has 1 saturated heterocycles. The number of pyridine rings is 1. The highest BCUT2D eigenvalue weighted by molar-refractivity contribution is 5.96. The zero-order chi connectivity index (χ0) is 18.4. The standard InChI is InChI=1S/C20H22N2O4/c1-2-25-20(24)15-8-7-13-22(14-15)19(23)17-11-6-12-21-18(17)26-16-9-4-3-5-10-16/h3-6,9-12,15H,2,7-8,13-14H2,1H3/t15-/m1/s1. The number of hydrogen-bond acceptors (Lipinski definition) is 5. The van der Waals surface area contributed by atoms with Crippen LogP contribution in [-0.2, 0) is 9.53 Å². The van der Waals surface area contributed by atoms with Crippen molar-refractivity contribution in [1.82, 2.24) is 9.88 Å². The number of hydrogen-bond donors (Lipinski definition) is 0. The summed E-state index contributed by atoms with van der Waals surface area (Å²) >= 11 is 0. The summed E-state index contributed by atoms with van der Waals surface area (Å²) in [5, 5.41) is 0. The average Bonchev–Trinajstić information content (AvgIpc) is 2.69. The predicted octanol–water partition coefficient (Wildman–Crippen LogP) is 3.29. The van der Waals surface area contributed by atoms with Crippen molar-refractivity contribution in [3.8, 4) is 11.6 Å². The van der Waals surface area contributed by atoms with Gasteiger partial charge in [-0.05, 0) is 44.0 Å². The van der Waals surface area contributed by atoms with E-state index in [9.17, 15) is 9.59 Å². The van der Waals surface area contributed by atoms with Crippen molar-refractivity contribution in [2.45, 2.75) is 19.8 Å². The molecule has 6 nitrogen and oxygen atoms in total. The van der Waals surface area contributed by atoms with Crippen LogP contribution in [0.5, 0.6) is 11.6 Å². The first-order chi connectivity index (χ1) is 12.7. The van der Waals surface area contributed by atoms with E-state index in [-0.39, 0.29) is 23.7 Å². The Bertz CT molecular complexity index is 763. The van der Waals surface area contributed by atoms with Gasteiger partial charge in [0.1, 0.15) is 11.3 Å². The fourth-order valence-electron chi connectivity index (χ4n) is 3.02. The lowest BCUT2D eigenvalue weighted by Crippen LogP contribution is -2.43. The minimum absolute atomic E-state index is 0.182. The van der Waals surface area contributed by atoms with Crippen LogP contribution in [0.4, 0.5) is 0 Å². The van der Waals surface area contributed by atoms with Crippen molar-refractivity contribution in [3.63, 3.8) is 0 Å². The van der Waals surface area contributed by atoms with Crippen LogP contribution in [0.2, 0.25) is 0 Å². The molecule has 0 radical (unpaired) electrons. The quantitative estimate of drug-likeness (QED) is 0.771. The lowest BCUT2D eigenvalue weighted by molar-refractivity contribution is -0.149. The van der Waals surface area contributed by atoms with Gasteiger partial charge in [-0.15, -0.1) is 0 Å². The summed E-state index contributed by atoms with van der Waals surface area (Å²) in [5.41, 5.74) is 0.390. The Morgan fingerprint density at radius 1 is 1.19 bits per heavy atom. The first-order valence-corrected chi connectivity index (χ1v) is 8.83. The third-order valence-electron chi connectivity index (χ3n) is 4.29. The molecule has 0 N–H and O–H groups in total. The molecule has 26 heavy (non-hydrogen) atoms. The van der Waals surface area contributed by atoms with Gasteiger partial charge < -0.3 is 14.4 Å². The number of piperidine rings is 1. The summed E-state index contributed by atoms with van der Waals surface area (Å²) in [5.74, 6) is 0.183. The number of aromatic nitrogens is 1. The molecule has 1 aliphatic rings. The molecule has 2 aromatic rings. The van der Waals surface area contributed by atoms with Gasteiger partial charge in [0.15, 0.2) is 0 Å². The minimum atomic E-state index is -0.275. The van der Waals surface area contributed by atoms with Crippen molar-refractivity contribution in [2.75, 3.05) is 19.7 Å². The van der Waals surface area contributed by atoms with E-state index in [1.807, 2.05) is 18.2 Å². The van der Waals surface area contributed by atoms with Gasteiger partial charge in [0, 0.05) is 19.3 Å². The molecule has 1 amide bonds. The minimum Gasteiger partial charge on any atom is -0.466 e. The summed E-state index contributed by atoms with van der Waals surface area (Å²) in [7, 11) is 0. The van der Waals surface area contributed by atoms with Crippen molar-refractivity contribution in [2.24, 2.45) is 5.92 Å². The summed E-state index contributed by atoms with van der Waals surface area (Å²) in [6, 6.07) is 12.6. The molecule has 1 atom stereocenters. The third kappa shape index (κ3) is 4.20. The number of benzene rings is 1. The molecule has 0 unspecified atom stereocenters. The molecule has 3 rings (SSSR count). The van der Waals surface area contributed by atoms with Crippen LogP contribution in [0, 0.1) is 5.92 Å². The normalized spacial score (nSPS) is 16.8. The van der Waals surface area contributed by atoms with Gasteiger partial charge >= 0.3 is 5.97 Å². The van der Waals surface area contributed by atoms with Crippen molar-refractivity contribution in [3.05, 3.63) is 54.2 Å². The number of esters is 1. The van der Waals surface area contributed by atoms with Crippen LogP contribution in [0.25, 0.3) is 0 Å². The zero-order valence-electron chi connectivity index (χ0n) is 14.8. The molecule has 1 aromatic heterocycles. The number of amides is 1. The van der Waals surface area contributed by atoms with Crippen molar-refractivity contribution < 1.29 is 19.1 Å². The maximum absolute atomic E-state index is 13.0. The van der Waals surface area contributed by atoms with Crippen LogP contribution in [-0.4, -0.2) is 41.5 Å². The molecule has 136 valence electrons. The Kier molecular flexibility index (Phi) is 5.84. The number of para-hydroxylation sites is 1. The van der Waals surface area contributed by atoms with E-state index in [4.69, 9.17) is 9.47 Å². The number of likely N-dealkylation sites (tertiary alicyclic amines) is 1. The Hall–Kier alpha value is -2.89. The second-order valence-corrected chi connectivity index (χ2v) is 6.11. The maximum Gasteiger partial charge on any atom is 0.310 e. The molecule has 2 heterocycles. The molecular formula is C20H22N2O4. The number of rotatable bonds is 5. The maximum atomic E-state index is 13.0. The van der Waals surface area contributed by atoms with Crippen LogP contribution >= 0.6 is 0 Å². The lowest BCUT2D eigenvalue weighted by atomic mass is 9.97. The third-order valence-corrected chi connectivity index (χ3v) is 4.29. The highest BCUT2D eigenvalue weighted by Crippen LogP contribution is 2.26. The predicted molar refractivity (Wildman–Crippen MR) is 96.0 cm³/mol. The molecule has 0 bridgehead atoms. The second-order valence-electron chi connectivity index (χ2n) is 6.11. The first kappa shape index (κ1) is 17.9. The van der Waals surface area contributed by atoms with E-state index < -0.39 is 0 Å². The van der Waals surface area contributed by atoms with E-state index in [1.165, 1.54) is 0 Å². The van der Waals surface area contributed by atoms with E-state index in [0.717, 1.165) is 12.8 Å². The van der Waals surface area contributed by atoms with E-state index in [0.29, 0.717) is 31.0 Å². The second kappa shape index (κ2) is 8.47.